The zero-order valence-corrected chi connectivity index (χ0v) is 12.5. The molecular formula is C15H28N2+2. The maximum atomic E-state index is 2.31. The molecule has 0 saturated carbocycles. The Morgan fingerprint density at radius 1 is 0.882 bits per heavy atom. The molecule has 17 heavy (non-hydrogen) atoms. The van der Waals surface area contributed by atoms with Gasteiger partial charge >= 0.3 is 0 Å². The number of likely N-dealkylation sites (N-methyl/N-ethyl adjacent to an activating group) is 1. The van der Waals surface area contributed by atoms with Gasteiger partial charge in [-0.1, -0.05) is 19.1 Å². The minimum Gasteiger partial charge on any atom is -0.330 e. The van der Waals surface area contributed by atoms with Crippen LogP contribution in [0.1, 0.15) is 18.4 Å². The lowest BCUT2D eigenvalue weighted by atomic mass is 9.99. The van der Waals surface area contributed by atoms with Gasteiger partial charge in [-0.25, -0.2) is 0 Å². The smallest absolute Gasteiger partial charge is 0.132 e. The summed E-state index contributed by atoms with van der Waals surface area (Å²) in [7, 11) is 13.3. The standard InChI is InChI=1S/C15H28N2/c1-13(12-16(2,3)4)14-8-10-15(11-9-14)17(5,6)7/h8-11,13H,12H2,1-7H3/q+2. The van der Waals surface area contributed by atoms with Crippen molar-refractivity contribution in [3.05, 3.63) is 29.8 Å². The van der Waals surface area contributed by atoms with Gasteiger partial charge in [-0.3, -0.25) is 4.48 Å². The second-order valence-corrected chi connectivity index (χ2v) is 6.98. The molecule has 0 heterocycles. The Hall–Kier alpha value is -0.860. The van der Waals surface area contributed by atoms with Gasteiger partial charge in [0.2, 0.25) is 0 Å². The van der Waals surface area contributed by atoms with E-state index < -0.39 is 0 Å². The molecule has 0 N–H and O–H groups in total. The van der Waals surface area contributed by atoms with Crippen LogP contribution in [-0.2, 0) is 0 Å². The van der Waals surface area contributed by atoms with Gasteiger partial charge < -0.3 is 4.48 Å². The average molecular weight is 236 g/mol. The molecule has 1 aromatic carbocycles. The molecule has 0 spiro atoms. The van der Waals surface area contributed by atoms with Gasteiger partial charge in [0.05, 0.1) is 48.8 Å². The first-order valence-corrected chi connectivity index (χ1v) is 6.32. The molecule has 0 aliphatic carbocycles. The molecule has 0 aromatic heterocycles. The Morgan fingerprint density at radius 2 is 1.35 bits per heavy atom. The number of hydrogen-bond donors (Lipinski definition) is 0. The molecule has 0 radical (unpaired) electrons. The molecule has 2 heteroatoms. The van der Waals surface area contributed by atoms with E-state index in [9.17, 15) is 0 Å². The molecule has 0 aliphatic rings. The number of nitrogens with zero attached hydrogens (tertiary/aromatic N) is 2. The Morgan fingerprint density at radius 3 is 1.71 bits per heavy atom. The van der Waals surface area contributed by atoms with E-state index in [1.165, 1.54) is 17.8 Å². The van der Waals surface area contributed by atoms with Crippen LogP contribution in [0.4, 0.5) is 5.69 Å². The van der Waals surface area contributed by atoms with Crippen molar-refractivity contribution in [1.82, 2.24) is 4.48 Å². The van der Waals surface area contributed by atoms with Crippen LogP contribution < -0.4 is 4.48 Å². The molecule has 0 bridgehead atoms. The predicted octanol–water partition coefficient (Wildman–Crippen LogP) is 2.69. The lowest BCUT2D eigenvalue weighted by Gasteiger charge is -2.28. The number of hydrogen-bond acceptors (Lipinski definition) is 0. The molecular weight excluding hydrogens is 208 g/mol. The number of quaternary nitrogens is 2. The van der Waals surface area contributed by atoms with Crippen molar-refractivity contribution >= 4 is 5.69 Å². The molecule has 0 amide bonds. The van der Waals surface area contributed by atoms with Crippen LogP contribution in [0, 0.1) is 0 Å². The molecule has 2 nitrogen and oxygen atoms in total. The molecule has 1 aromatic rings. The van der Waals surface area contributed by atoms with Gasteiger partial charge in [0.1, 0.15) is 5.69 Å². The van der Waals surface area contributed by atoms with E-state index in [2.05, 4.69) is 73.5 Å². The normalized spacial score (nSPS) is 14.8. The first-order chi connectivity index (χ1) is 7.59. The quantitative estimate of drug-likeness (QED) is 0.705. The van der Waals surface area contributed by atoms with E-state index in [0.717, 1.165) is 8.97 Å². The summed E-state index contributed by atoms with van der Waals surface area (Å²) in [4.78, 5) is 0. The monoisotopic (exact) mass is 236 g/mol. The van der Waals surface area contributed by atoms with Gasteiger partial charge in [-0.15, -0.1) is 0 Å². The first kappa shape index (κ1) is 14.2. The van der Waals surface area contributed by atoms with Gasteiger partial charge in [0, 0.05) is 5.92 Å². The highest BCUT2D eigenvalue weighted by atomic mass is 15.3. The zero-order chi connectivity index (χ0) is 13.3. The van der Waals surface area contributed by atoms with E-state index in [4.69, 9.17) is 0 Å². The van der Waals surface area contributed by atoms with Crippen LogP contribution >= 0.6 is 0 Å². The van der Waals surface area contributed by atoms with Crippen molar-refractivity contribution in [2.45, 2.75) is 12.8 Å². The van der Waals surface area contributed by atoms with E-state index in [1.54, 1.807) is 0 Å². The fourth-order valence-corrected chi connectivity index (χ4v) is 2.18. The van der Waals surface area contributed by atoms with Crippen LogP contribution in [0.3, 0.4) is 0 Å². The number of benzene rings is 1. The predicted molar refractivity (Wildman–Crippen MR) is 77.3 cm³/mol. The SMILES string of the molecule is CC(C[N+](C)(C)C)c1ccc([N+](C)(C)C)cc1. The minimum absolute atomic E-state index is 0.608. The summed E-state index contributed by atoms with van der Waals surface area (Å²) in [6, 6.07) is 9.06. The van der Waals surface area contributed by atoms with Crippen LogP contribution in [0.25, 0.3) is 0 Å². The maximum absolute atomic E-state index is 2.31. The highest BCUT2D eigenvalue weighted by Gasteiger charge is 2.17. The summed E-state index contributed by atoms with van der Waals surface area (Å²) in [5.74, 6) is 0.608. The van der Waals surface area contributed by atoms with Crippen LogP contribution in [0.2, 0.25) is 0 Å². The van der Waals surface area contributed by atoms with Crippen LogP contribution in [0.5, 0.6) is 0 Å². The van der Waals surface area contributed by atoms with Gasteiger partial charge in [-0.05, 0) is 17.7 Å². The van der Waals surface area contributed by atoms with Crippen LogP contribution in [0.15, 0.2) is 24.3 Å². The average Bonchev–Trinajstić information content (AvgIpc) is 2.14. The minimum atomic E-state index is 0.608. The second kappa shape index (κ2) is 4.79. The molecule has 1 unspecified atom stereocenters. The summed E-state index contributed by atoms with van der Waals surface area (Å²) >= 11 is 0. The fraction of sp³-hybridized carbons (Fsp3) is 0.600. The van der Waals surface area contributed by atoms with Crippen molar-refractivity contribution in [3.63, 3.8) is 0 Å². The van der Waals surface area contributed by atoms with Crippen molar-refractivity contribution in [2.75, 3.05) is 48.8 Å². The van der Waals surface area contributed by atoms with Crippen molar-refractivity contribution in [3.8, 4) is 0 Å². The third-order valence-corrected chi connectivity index (χ3v) is 3.06. The molecule has 96 valence electrons. The van der Waals surface area contributed by atoms with Gasteiger partial charge in [0.25, 0.3) is 0 Å². The van der Waals surface area contributed by atoms with Crippen molar-refractivity contribution in [1.29, 1.82) is 0 Å². The Kier molecular flexibility index (Phi) is 4.00. The Balaban J connectivity index is 2.81. The molecule has 1 atom stereocenters. The second-order valence-electron chi connectivity index (χ2n) is 6.98. The summed E-state index contributed by atoms with van der Waals surface area (Å²) in [6.45, 7) is 3.48. The Labute approximate surface area is 107 Å². The summed E-state index contributed by atoms with van der Waals surface area (Å²) < 4.78 is 1.89. The summed E-state index contributed by atoms with van der Waals surface area (Å²) in [5, 5.41) is 0. The highest BCUT2D eigenvalue weighted by Crippen LogP contribution is 2.22. The topological polar surface area (TPSA) is 0 Å². The van der Waals surface area contributed by atoms with Crippen molar-refractivity contribution < 1.29 is 4.48 Å². The van der Waals surface area contributed by atoms with Crippen molar-refractivity contribution in [2.24, 2.45) is 0 Å². The first-order valence-electron chi connectivity index (χ1n) is 6.32. The molecule has 0 aliphatic heterocycles. The molecule has 1 rings (SSSR count). The number of rotatable bonds is 4. The Bertz CT molecular complexity index is 352. The van der Waals surface area contributed by atoms with Gasteiger partial charge in [-0.2, -0.15) is 0 Å². The van der Waals surface area contributed by atoms with E-state index in [-0.39, 0.29) is 0 Å². The largest absolute Gasteiger partial charge is 0.330 e. The summed E-state index contributed by atoms with van der Waals surface area (Å²) in [5.41, 5.74) is 2.79. The maximum Gasteiger partial charge on any atom is 0.132 e. The summed E-state index contributed by atoms with van der Waals surface area (Å²) in [6.07, 6.45) is 0. The highest BCUT2D eigenvalue weighted by molar-refractivity contribution is 5.43. The third kappa shape index (κ3) is 4.49. The van der Waals surface area contributed by atoms with E-state index in [1.807, 2.05) is 0 Å². The van der Waals surface area contributed by atoms with E-state index in [0.29, 0.717) is 5.92 Å². The molecule has 0 fully saturated rings. The lowest BCUT2D eigenvalue weighted by molar-refractivity contribution is -0.871. The molecule has 0 saturated heterocycles. The van der Waals surface area contributed by atoms with Crippen LogP contribution in [-0.4, -0.2) is 53.3 Å². The third-order valence-electron chi connectivity index (χ3n) is 3.06. The lowest BCUT2D eigenvalue weighted by Crippen LogP contribution is -2.37. The van der Waals surface area contributed by atoms with Gasteiger partial charge in [0.15, 0.2) is 0 Å². The van der Waals surface area contributed by atoms with E-state index >= 15 is 0 Å². The zero-order valence-electron chi connectivity index (χ0n) is 12.5. The fourth-order valence-electron chi connectivity index (χ4n) is 2.18.